The maximum absolute atomic E-state index is 11.6. The van der Waals surface area contributed by atoms with Crippen molar-refractivity contribution in [1.29, 1.82) is 0 Å². The smallest absolute Gasteiger partial charge is 0.144 e. The van der Waals surface area contributed by atoms with Crippen molar-refractivity contribution in [3.05, 3.63) is 29.0 Å². The molecule has 1 aromatic rings. The van der Waals surface area contributed by atoms with Gasteiger partial charge in [-0.25, -0.2) is 0 Å². The van der Waals surface area contributed by atoms with E-state index in [1.165, 1.54) is 0 Å². The van der Waals surface area contributed by atoms with Crippen LogP contribution in [0.25, 0.3) is 0 Å². The van der Waals surface area contributed by atoms with E-state index in [0.29, 0.717) is 18.0 Å². The summed E-state index contributed by atoms with van der Waals surface area (Å²) in [4.78, 5) is 15.7. The predicted molar refractivity (Wildman–Crippen MR) is 54.5 cm³/mol. The summed E-state index contributed by atoms with van der Waals surface area (Å²) < 4.78 is 0. The summed E-state index contributed by atoms with van der Waals surface area (Å²) in [6.45, 7) is 1.47. The van der Waals surface area contributed by atoms with E-state index >= 15 is 0 Å². The molecule has 0 aromatic carbocycles. The number of Topliss-reactive ketones (excluding diaryl/α,β-unsaturated/α-hetero) is 1. The first-order chi connectivity index (χ1) is 6.77. The number of aromatic nitrogens is 1. The monoisotopic (exact) mass is 210 g/mol. The Hall–Kier alpha value is -0.930. The molecule has 0 radical (unpaired) electrons. The van der Waals surface area contributed by atoms with Crippen molar-refractivity contribution in [2.24, 2.45) is 0 Å². The molecule has 1 aromatic heterocycles. The summed E-state index contributed by atoms with van der Waals surface area (Å²) >= 11 is 5.72. The van der Waals surface area contributed by atoms with Gasteiger partial charge in [0.1, 0.15) is 5.78 Å². The van der Waals surface area contributed by atoms with Gasteiger partial charge in [0, 0.05) is 25.7 Å². The predicted octanol–water partition coefficient (Wildman–Crippen LogP) is 1.38. The number of piperidine rings is 1. The third-order valence-corrected chi connectivity index (χ3v) is 2.62. The summed E-state index contributed by atoms with van der Waals surface area (Å²) in [5.74, 6) is 0.166. The van der Waals surface area contributed by atoms with Crippen LogP contribution in [0.5, 0.6) is 0 Å². The number of ketones is 1. The van der Waals surface area contributed by atoms with Crippen LogP contribution < -0.4 is 5.32 Å². The van der Waals surface area contributed by atoms with Gasteiger partial charge in [-0.05, 0) is 12.1 Å². The molecule has 14 heavy (non-hydrogen) atoms. The molecule has 1 atom stereocenters. The average Bonchev–Trinajstić information content (AvgIpc) is 2.20. The highest BCUT2D eigenvalue weighted by atomic mass is 35.5. The highest BCUT2D eigenvalue weighted by molar-refractivity contribution is 6.30. The van der Waals surface area contributed by atoms with Crippen molar-refractivity contribution in [1.82, 2.24) is 10.3 Å². The van der Waals surface area contributed by atoms with E-state index in [1.54, 1.807) is 12.3 Å². The van der Waals surface area contributed by atoms with E-state index in [2.05, 4.69) is 10.3 Å². The lowest BCUT2D eigenvalue weighted by Crippen LogP contribution is -2.35. The summed E-state index contributed by atoms with van der Waals surface area (Å²) in [6.07, 6.45) is 2.17. The first-order valence-corrected chi connectivity index (χ1v) is 5.00. The van der Waals surface area contributed by atoms with Crippen LogP contribution in [0, 0.1) is 0 Å². The van der Waals surface area contributed by atoms with Crippen LogP contribution >= 0.6 is 11.6 Å². The molecule has 2 heterocycles. The molecule has 1 aliphatic rings. The zero-order valence-corrected chi connectivity index (χ0v) is 8.42. The Morgan fingerprint density at radius 1 is 1.50 bits per heavy atom. The largest absolute Gasteiger partial charge is 0.315 e. The SMILES string of the molecule is O=C1CCNCC1c1ccc(Cl)cn1. The Morgan fingerprint density at radius 2 is 2.36 bits per heavy atom. The van der Waals surface area contributed by atoms with Gasteiger partial charge in [-0.15, -0.1) is 0 Å². The first kappa shape index (κ1) is 9.62. The zero-order valence-electron chi connectivity index (χ0n) is 7.66. The number of hydrogen-bond acceptors (Lipinski definition) is 3. The number of nitrogens with zero attached hydrogens (tertiary/aromatic N) is 1. The van der Waals surface area contributed by atoms with Crippen LogP contribution in [-0.4, -0.2) is 23.9 Å². The summed E-state index contributed by atoms with van der Waals surface area (Å²) in [5, 5.41) is 3.79. The lowest BCUT2D eigenvalue weighted by Gasteiger charge is -2.20. The molecule has 2 rings (SSSR count). The van der Waals surface area contributed by atoms with E-state index < -0.39 is 0 Å². The van der Waals surface area contributed by atoms with Gasteiger partial charge < -0.3 is 5.32 Å². The lowest BCUT2D eigenvalue weighted by molar-refractivity contribution is -0.121. The molecule has 0 aliphatic carbocycles. The normalized spacial score (nSPS) is 22.4. The minimum Gasteiger partial charge on any atom is -0.315 e. The quantitative estimate of drug-likeness (QED) is 0.762. The molecule has 1 unspecified atom stereocenters. The molecule has 0 amide bonds. The second-order valence-corrected chi connectivity index (χ2v) is 3.81. The second kappa shape index (κ2) is 4.07. The Morgan fingerprint density at radius 3 is 3.00 bits per heavy atom. The Kier molecular flexibility index (Phi) is 2.79. The molecular formula is C10H11ClN2O. The number of hydrogen-bond donors (Lipinski definition) is 1. The van der Waals surface area contributed by atoms with Crippen LogP contribution in [0.3, 0.4) is 0 Å². The van der Waals surface area contributed by atoms with Gasteiger partial charge in [0.05, 0.1) is 16.6 Å². The first-order valence-electron chi connectivity index (χ1n) is 4.62. The van der Waals surface area contributed by atoms with Crippen molar-refractivity contribution < 1.29 is 4.79 Å². The number of pyridine rings is 1. The van der Waals surface area contributed by atoms with Gasteiger partial charge in [0.2, 0.25) is 0 Å². The number of carbonyl (C=O) groups excluding carboxylic acids is 1. The number of nitrogens with one attached hydrogen (secondary N) is 1. The maximum Gasteiger partial charge on any atom is 0.144 e. The van der Waals surface area contributed by atoms with Gasteiger partial charge in [0.15, 0.2) is 0 Å². The molecule has 0 bridgehead atoms. The van der Waals surface area contributed by atoms with E-state index in [9.17, 15) is 4.79 Å². The fourth-order valence-electron chi connectivity index (χ4n) is 1.61. The molecule has 1 N–H and O–H groups in total. The Labute approximate surface area is 87.5 Å². The molecular weight excluding hydrogens is 200 g/mol. The molecule has 1 saturated heterocycles. The van der Waals surface area contributed by atoms with Crippen molar-refractivity contribution in [3.63, 3.8) is 0 Å². The molecule has 0 saturated carbocycles. The van der Waals surface area contributed by atoms with Gasteiger partial charge in [-0.2, -0.15) is 0 Å². The van der Waals surface area contributed by atoms with Crippen molar-refractivity contribution in [2.45, 2.75) is 12.3 Å². The van der Waals surface area contributed by atoms with Crippen molar-refractivity contribution in [2.75, 3.05) is 13.1 Å². The van der Waals surface area contributed by atoms with Crippen LogP contribution in [0.4, 0.5) is 0 Å². The third kappa shape index (κ3) is 1.94. The van der Waals surface area contributed by atoms with Crippen LogP contribution in [0.2, 0.25) is 5.02 Å². The standard InChI is InChI=1S/C10H11ClN2O/c11-7-1-2-9(13-5-7)8-6-12-4-3-10(8)14/h1-2,5,8,12H,3-4,6H2. The Bertz CT molecular complexity index is 336. The number of rotatable bonds is 1. The average molecular weight is 211 g/mol. The molecule has 74 valence electrons. The van der Waals surface area contributed by atoms with Crippen LogP contribution in [0.15, 0.2) is 18.3 Å². The highest BCUT2D eigenvalue weighted by Crippen LogP contribution is 2.19. The lowest BCUT2D eigenvalue weighted by atomic mass is 9.94. The molecule has 0 spiro atoms. The fraction of sp³-hybridized carbons (Fsp3) is 0.400. The van der Waals surface area contributed by atoms with E-state index in [-0.39, 0.29) is 11.7 Å². The van der Waals surface area contributed by atoms with E-state index in [0.717, 1.165) is 12.2 Å². The number of halogens is 1. The summed E-state index contributed by atoms with van der Waals surface area (Å²) in [6, 6.07) is 3.59. The molecule has 1 fully saturated rings. The highest BCUT2D eigenvalue weighted by Gasteiger charge is 2.24. The summed E-state index contributed by atoms with van der Waals surface area (Å²) in [7, 11) is 0. The molecule has 3 nitrogen and oxygen atoms in total. The van der Waals surface area contributed by atoms with E-state index in [1.807, 2.05) is 6.07 Å². The maximum atomic E-state index is 11.6. The minimum atomic E-state index is -0.0963. The zero-order chi connectivity index (χ0) is 9.97. The van der Waals surface area contributed by atoms with Crippen LogP contribution in [0.1, 0.15) is 18.0 Å². The topological polar surface area (TPSA) is 42.0 Å². The van der Waals surface area contributed by atoms with Crippen molar-refractivity contribution in [3.8, 4) is 0 Å². The second-order valence-electron chi connectivity index (χ2n) is 3.37. The molecule has 1 aliphatic heterocycles. The van der Waals surface area contributed by atoms with Gasteiger partial charge in [-0.3, -0.25) is 9.78 Å². The number of carbonyl (C=O) groups is 1. The Balaban J connectivity index is 2.20. The minimum absolute atomic E-state index is 0.0963. The third-order valence-electron chi connectivity index (χ3n) is 2.39. The van der Waals surface area contributed by atoms with E-state index in [4.69, 9.17) is 11.6 Å². The van der Waals surface area contributed by atoms with Crippen molar-refractivity contribution >= 4 is 17.4 Å². The van der Waals surface area contributed by atoms with Crippen LogP contribution in [-0.2, 0) is 4.79 Å². The fourth-order valence-corrected chi connectivity index (χ4v) is 1.72. The molecule has 4 heteroatoms. The summed E-state index contributed by atoms with van der Waals surface area (Å²) in [5.41, 5.74) is 0.812. The van der Waals surface area contributed by atoms with Gasteiger partial charge >= 0.3 is 0 Å². The van der Waals surface area contributed by atoms with Gasteiger partial charge in [0.25, 0.3) is 0 Å². The van der Waals surface area contributed by atoms with Gasteiger partial charge in [-0.1, -0.05) is 11.6 Å².